The minimum Gasteiger partial charge on any atom is -0.490 e. The third-order valence-corrected chi connectivity index (χ3v) is 4.68. The Morgan fingerprint density at radius 3 is 2.60 bits per heavy atom. The minimum absolute atomic E-state index is 0.169. The van der Waals surface area contributed by atoms with E-state index in [4.69, 9.17) is 4.74 Å². The zero-order valence-electron chi connectivity index (χ0n) is 18.1. The van der Waals surface area contributed by atoms with Crippen LogP contribution in [0.3, 0.4) is 0 Å². The number of urea groups is 1. The van der Waals surface area contributed by atoms with Gasteiger partial charge < -0.3 is 9.64 Å². The first-order valence-corrected chi connectivity index (χ1v) is 11.0. The van der Waals surface area contributed by atoms with Crippen LogP contribution < -0.4 is 20.9 Å². The maximum atomic E-state index is 13.8. The summed E-state index contributed by atoms with van der Waals surface area (Å²) in [6.07, 6.45) is 6.38. The maximum Gasteiger partial charge on any atom is 0.324 e. The second-order valence-electron chi connectivity index (χ2n) is 7.84. The van der Waals surface area contributed by atoms with Crippen LogP contribution in [0.4, 0.5) is 9.18 Å². The molecule has 1 aliphatic carbocycles. The second-order valence-corrected chi connectivity index (χ2v) is 7.84. The average Bonchev–Trinajstić information content (AvgIpc) is 3.48. The number of imide groups is 1. The molecular weight excluding hydrogens is 387 g/mol. The van der Waals surface area contributed by atoms with Gasteiger partial charge in [0.25, 0.3) is 0 Å². The fourth-order valence-electron chi connectivity index (χ4n) is 2.87. The fraction of sp³-hybridized carbons (Fsp3) is 0.636. The van der Waals surface area contributed by atoms with Gasteiger partial charge in [0.15, 0.2) is 11.6 Å². The molecule has 1 aliphatic heterocycles. The Morgan fingerprint density at radius 1 is 1.17 bits per heavy atom. The van der Waals surface area contributed by atoms with E-state index >= 15 is 0 Å². The molecule has 0 spiro atoms. The van der Waals surface area contributed by atoms with E-state index in [-0.39, 0.29) is 24.3 Å². The summed E-state index contributed by atoms with van der Waals surface area (Å²) < 4.78 is 19.3. The number of hydrazine groups is 1. The molecular formula is C22H35FN4O3. The van der Waals surface area contributed by atoms with Crippen molar-refractivity contribution in [3.05, 3.63) is 29.6 Å². The molecule has 2 fully saturated rings. The second kappa shape index (κ2) is 13.2. The van der Waals surface area contributed by atoms with Crippen LogP contribution in [0.25, 0.3) is 0 Å². The summed E-state index contributed by atoms with van der Waals surface area (Å²) in [6, 6.07) is 4.64. The molecule has 0 bridgehead atoms. The van der Waals surface area contributed by atoms with Crippen molar-refractivity contribution in [3.8, 4) is 5.75 Å². The van der Waals surface area contributed by atoms with Crippen LogP contribution in [0.5, 0.6) is 5.75 Å². The highest BCUT2D eigenvalue weighted by molar-refractivity contribution is 6.01. The van der Waals surface area contributed by atoms with Gasteiger partial charge in [-0.3, -0.25) is 21.0 Å². The summed E-state index contributed by atoms with van der Waals surface area (Å²) in [6.45, 7) is 6.99. The Bertz CT molecular complexity index is 682. The maximum absolute atomic E-state index is 13.8. The number of nitrogens with zero attached hydrogens (tertiary/aromatic N) is 1. The number of nitrogens with one attached hydrogen (secondary N) is 3. The van der Waals surface area contributed by atoms with Gasteiger partial charge in [0.1, 0.15) is 6.54 Å². The molecule has 2 aliphatic rings. The third kappa shape index (κ3) is 9.09. The molecule has 0 unspecified atom stereocenters. The summed E-state index contributed by atoms with van der Waals surface area (Å²) in [5.74, 6) is 0.368. The van der Waals surface area contributed by atoms with Gasteiger partial charge in [-0.15, -0.1) is 0 Å². The Kier molecular flexibility index (Phi) is 10.6. The highest BCUT2D eigenvalue weighted by Crippen LogP contribution is 2.30. The lowest BCUT2D eigenvalue weighted by Crippen LogP contribution is -2.32. The first kappa shape index (κ1) is 24.1. The van der Waals surface area contributed by atoms with Crippen molar-refractivity contribution in [3.63, 3.8) is 0 Å². The largest absolute Gasteiger partial charge is 0.490 e. The minimum atomic E-state index is -0.319. The monoisotopic (exact) mass is 422 g/mol. The molecule has 3 rings (SSSR count). The molecule has 0 aromatic heterocycles. The smallest absolute Gasteiger partial charge is 0.324 e. The van der Waals surface area contributed by atoms with Crippen molar-refractivity contribution in [2.75, 3.05) is 26.2 Å². The number of hydrogen-bond acceptors (Lipinski definition) is 5. The number of amides is 3. The summed E-state index contributed by atoms with van der Waals surface area (Å²) in [5.41, 5.74) is 7.22. The molecule has 1 saturated heterocycles. The Balaban J connectivity index is 0.00000101. The van der Waals surface area contributed by atoms with E-state index in [9.17, 15) is 14.0 Å². The predicted molar refractivity (Wildman–Crippen MR) is 114 cm³/mol. The van der Waals surface area contributed by atoms with Gasteiger partial charge in [-0.05, 0) is 49.3 Å². The third-order valence-electron chi connectivity index (χ3n) is 4.68. The first-order chi connectivity index (χ1) is 14.5. The van der Waals surface area contributed by atoms with Crippen LogP contribution in [0.15, 0.2) is 18.2 Å². The number of rotatable bonds is 12. The molecule has 3 N–H and O–H groups in total. The number of unbranched alkanes of at least 4 members (excludes halogenated alkanes) is 2. The number of carbonyl (C=O) groups is 2. The van der Waals surface area contributed by atoms with Gasteiger partial charge >= 0.3 is 6.03 Å². The molecule has 0 atom stereocenters. The number of ether oxygens (including phenoxy) is 1. The topological polar surface area (TPSA) is 82.7 Å². The van der Waals surface area contributed by atoms with Gasteiger partial charge in [0, 0.05) is 19.6 Å². The number of halogens is 1. The van der Waals surface area contributed by atoms with Crippen molar-refractivity contribution in [1.82, 2.24) is 21.1 Å². The van der Waals surface area contributed by atoms with Crippen LogP contribution in [-0.4, -0.2) is 43.1 Å². The summed E-state index contributed by atoms with van der Waals surface area (Å²) in [7, 11) is 0. The van der Waals surface area contributed by atoms with Crippen LogP contribution in [0.2, 0.25) is 0 Å². The van der Waals surface area contributed by atoms with Crippen LogP contribution in [0.1, 0.15) is 57.9 Å². The highest BCUT2D eigenvalue weighted by atomic mass is 19.1. The van der Waals surface area contributed by atoms with Crippen molar-refractivity contribution >= 4 is 11.9 Å². The van der Waals surface area contributed by atoms with Crippen molar-refractivity contribution in [1.29, 1.82) is 0 Å². The van der Waals surface area contributed by atoms with Crippen LogP contribution in [-0.2, 0) is 11.3 Å². The normalized spacial score (nSPS) is 15.6. The number of carbonyl (C=O) groups excluding carboxylic acids is 2. The van der Waals surface area contributed by atoms with Gasteiger partial charge in [0.05, 0.1) is 6.61 Å². The Hall–Kier alpha value is -2.19. The molecule has 8 heteroatoms. The summed E-state index contributed by atoms with van der Waals surface area (Å²) in [5, 5.41) is 2.27. The molecule has 1 saturated carbocycles. The highest BCUT2D eigenvalue weighted by Gasteiger charge is 2.25. The van der Waals surface area contributed by atoms with Crippen molar-refractivity contribution < 1.29 is 18.7 Å². The van der Waals surface area contributed by atoms with Gasteiger partial charge in [-0.25, -0.2) is 9.18 Å². The average molecular weight is 423 g/mol. The molecule has 1 aromatic carbocycles. The molecule has 30 heavy (non-hydrogen) atoms. The number of benzene rings is 1. The predicted octanol–water partition coefficient (Wildman–Crippen LogP) is 3.35. The van der Waals surface area contributed by atoms with Gasteiger partial charge in [0.2, 0.25) is 5.91 Å². The molecule has 3 amide bonds. The van der Waals surface area contributed by atoms with E-state index in [0.29, 0.717) is 31.4 Å². The SMILES string of the molecule is CCC.O=C1CN(CCCCCNNCc2ccc(F)c(OCC3CC3)c2)C(=O)N1. The first-order valence-electron chi connectivity index (χ1n) is 11.0. The Morgan fingerprint density at radius 2 is 1.93 bits per heavy atom. The molecule has 168 valence electrons. The zero-order chi connectivity index (χ0) is 21.8. The van der Waals surface area contributed by atoms with Gasteiger partial charge in [-0.1, -0.05) is 32.8 Å². The van der Waals surface area contributed by atoms with E-state index in [0.717, 1.165) is 31.4 Å². The van der Waals surface area contributed by atoms with Crippen LogP contribution in [0, 0.1) is 11.7 Å². The van der Waals surface area contributed by atoms with Gasteiger partial charge in [-0.2, -0.15) is 0 Å². The molecule has 7 nitrogen and oxygen atoms in total. The van der Waals surface area contributed by atoms with Crippen molar-refractivity contribution in [2.45, 2.75) is 58.9 Å². The van der Waals surface area contributed by atoms with E-state index < -0.39 is 0 Å². The van der Waals surface area contributed by atoms with Crippen molar-refractivity contribution in [2.24, 2.45) is 5.92 Å². The Labute approximate surface area is 178 Å². The lowest BCUT2D eigenvalue weighted by Gasteiger charge is -2.13. The number of hydrogen-bond donors (Lipinski definition) is 3. The van der Waals surface area contributed by atoms with E-state index in [1.165, 1.54) is 30.2 Å². The fourth-order valence-corrected chi connectivity index (χ4v) is 2.87. The molecule has 1 aromatic rings. The lowest BCUT2D eigenvalue weighted by molar-refractivity contribution is -0.118. The zero-order valence-corrected chi connectivity index (χ0v) is 18.1. The molecule has 0 radical (unpaired) electrons. The summed E-state index contributed by atoms with van der Waals surface area (Å²) >= 11 is 0. The summed E-state index contributed by atoms with van der Waals surface area (Å²) in [4.78, 5) is 24.0. The standard InChI is InChI=1S/C19H27FN4O3.C3H8/c20-16-7-6-15(10-17(16)27-13-14-4-5-14)11-22-21-8-2-1-3-9-24-12-18(25)23-19(24)26;1-3-2/h6-7,10,14,21-22H,1-5,8-9,11-13H2,(H,23,25,26);3H2,1-2H3. The lowest BCUT2D eigenvalue weighted by atomic mass is 10.2. The quantitative estimate of drug-likeness (QED) is 0.273. The molecule has 1 heterocycles. The van der Waals surface area contributed by atoms with E-state index in [1.807, 2.05) is 0 Å². The van der Waals surface area contributed by atoms with E-state index in [2.05, 4.69) is 30.0 Å². The van der Waals surface area contributed by atoms with E-state index in [1.54, 1.807) is 12.1 Å². The van der Waals surface area contributed by atoms with Crippen LogP contribution >= 0.6 is 0 Å².